The third-order valence-corrected chi connectivity index (χ3v) is 4.05. The first-order chi connectivity index (χ1) is 8.31. The topological polar surface area (TPSA) is 43.7 Å². The Morgan fingerprint density at radius 1 is 1.33 bits per heavy atom. The molecule has 100 valence electrons. The number of nitrogens with zero attached hydrogens (tertiary/aromatic N) is 1. The summed E-state index contributed by atoms with van der Waals surface area (Å²) in [5.41, 5.74) is 2.74. The summed E-state index contributed by atoms with van der Waals surface area (Å²) >= 11 is 0. The number of β-amino-alcohol motifs (C(OH)–C–C–N with tert-alkyl or cyclic N) is 1. The van der Waals surface area contributed by atoms with Gasteiger partial charge in [-0.1, -0.05) is 23.8 Å². The predicted molar refractivity (Wildman–Crippen MR) is 72.5 cm³/mol. The summed E-state index contributed by atoms with van der Waals surface area (Å²) in [5, 5.41) is 20.2. The first-order valence-electron chi connectivity index (χ1n) is 6.49. The smallest absolute Gasteiger partial charge is 0.100 e. The molecular weight excluding hydrogens is 226 g/mol. The van der Waals surface area contributed by atoms with Crippen LogP contribution in [0.2, 0.25) is 0 Å². The molecule has 0 radical (unpaired) electrons. The molecule has 2 N–H and O–H groups in total. The van der Waals surface area contributed by atoms with E-state index in [-0.39, 0.29) is 6.04 Å². The van der Waals surface area contributed by atoms with Crippen molar-refractivity contribution in [2.75, 3.05) is 13.6 Å². The standard InChI is InChI=1S/C15H23NO2/c1-10-5-6-12(11(2)7-10)13-8-14(17)15(3,18)9-16(13)4/h5-7,13-14,17-18H,8-9H2,1-4H3/t13-,14-,15+/m1/s1. The summed E-state index contributed by atoms with van der Waals surface area (Å²) in [5.74, 6) is 0. The summed E-state index contributed by atoms with van der Waals surface area (Å²) in [6.07, 6.45) is -0.0904. The Morgan fingerprint density at radius 3 is 2.61 bits per heavy atom. The van der Waals surface area contributed by atoms with Gasteiger partial charge in [-0.2, -0.15) is 0 Å². The van der Waals surface area contributed by atoms with Gasteiger partial charge in [0.25, 0.3) is 0 Å². The van der Waals surface area contributed by atoms with Crippen molar-refractivity contribution in [3.63, 3.8) is 0 Å². The van der Waals surface area contributed by atoms with Crippen molar-refractivity contribution < 1.29 is 10.2 Å². The Balaban J connectivity index is 2.29. The van der Waals surface area contributed by atoms with Crippen LogP contribution in [-0.2, 0) is 0 Å². The fourth-order valence-electron chi connectivity index (χ4n) is 2.93. The molecule has 0 saturated carbocycles. The third kappa shape index (κ3) is 2.44. The Labute approximate surface area is 109 Å². The Bertz CT molecular complexity index is 442. The Hall–Kier alpha value is -0.900. The molecule has 18 heavy (non-hydrogen) atoms. The zero-order valence-electron chi connectivity index (χ0n) is 11.6. The largest absolute Gasteiger partial charge is 0.390 e. The van der Waals surface area contributed by atoms with Gasteiger partial charge in [-0.15, -0.1) is 0 Å². The van der Waals surface area contributed by atoms with Crippen LogP contribution in [0, 0.1) is 13.8 Å². The highest BCUT2D eigenvalue weighted by atomic mass is 16.3. The monoisotopic (exact) mass is 249 g/mol. The number of likely N-dealkylation sites (N-methyl/N-ethyl adjacent to an activating group) is 1. The van der Waals surface area contributed by atoms with Crippen molar-refractivity contribution in [3.05, 3.63) is 34.9 Å². The SMILES string of the molecule is Cc1ccc([C@H]2C[C@@H](O)[C@@](C)(O)CN2C)c(C)c1. The van der Waals surface area contributed by atoms with E-state index in [1.165, 1.54) is 16.7 Å². The van der Waals surface area contributed by atoms with E-state index in [1.807, 2.05) is 7.05 Å². The molecule has 3 nitrogen and oxygen atoms in total. The van der Waals surface area contributed by atoms with E-state index in [2.05, 4.69) is 36.9 Å². The minimum Gasteiger partial charge on any atom is -0.390 e. The van der Waals surface area contributed by atoms with Crippen LogP contribution >= 0.6 is 0 Å². The lowest BCUT2D eigenvalue weighted by atomic mass is 9.83. The molecule has 1 aromatic rings. The maximum absolute atomic E-state index is 10.1. The van der Waals surface area contributed by atoms with Crippen LogP contribution in [0.5, 0.6) is 0 Å². The normalized spacial score (nSPS) is 33.7. The lowest BCUT2D eigenvalue weighted by Gasteiger charge is -2.44. The summed E-state index contributed by atoms with van der Waals surface area (Å²) in [6.45, 7) is 6.38. The fraction of sp³-hybridized carbons (Fsp3) is 0.600. The van der Waals surface area contributed by atoms with E-state index < -0.39 is 11.7 Å². The molecule has 1 heterocycles. The van der Waals surface area contributed by atoms with E-state index in [0.717, 1.165) is 0 Å². The van der Waals surface area contributed by atoms with Gasteiger partial charge in [-0.25, -0.2) is 0 Å². The van der Waals surface area contributed by atoms with Crippen LogP contribution in [0.15, 0.2) is 18.2 Å². The molecule has 2 rings (SSSR count). The molecule has 0 aromatic heterocycles. The van der Waals surface area contributed by atoms with Crippen LogP contribution in [0.3, 0.4) is 0 Å². The lowest BCUT2D eigenvalue weighted by Crippen LogP contribution is -2.54. The molecule has 1 aromatic carbocycles. The number of likely N-dealkylation sites (tertiary alicyclic amines) is 1. The Morgan fingerprint density at radius 2 is 2.00 bits per heavy atom. The van der Waals surface area contributed by atoms with Gasteiger partial charge < -0.3 is 10.2 Å². The maximum Gasteiger partial charge on any atom is 0.100 e. The quantitative estimate of drug-likeness (QED) is 0.797. The van der Waals surface area contributed by atoms with E-state index in [4.69, 9.17) is 0 Å². The molecule has 0 amide bonds. The third-order valence-electron chi connectivity index (χ3n) is 4.05. The second-order valence-electron chi connectivity index (χ2n) is 5.90. The minimum absolute atomic E-state index is 0.181. The van der Waals surface area contributed by atoms with Gasteiger partial charge in [-0.05, 0) is 45.4 Å². The molecule has 0 bridgehead atoms. The highest BCUT2D eigenvalue weighted by Gasteiger charge is 2.40. The van der Waals surface area contributed by atoms with Crippen LogP contribution in [0.4, 0.5) is 0 Å². The predicted octanol–water partition coefficient (Wildman–Crippen LogP) is 1.79. The van der Waals surface area contributed by atoms with E-state index in [0.29, 0.717) is 13.0 Å². The van der Waals surface area contributed by atoms with Crippen LogP contribution in [-0.4, -0.2) is 40.4 Å². The van der Waals surface area contributed by atoms with Gasteiger partial charge in [-0.3, -0.25) is 4.90 Å². The van der Waals surface area contributed by atoms with Crippen molar-refractivity contribution in [1.82, 2.24) is 4.90 Å². The molecular formula is C15H23NO2. The van der Waals surface area contributed by atoms with E-state index >= 15 is 0 Å². The number of piperidine rings is 1. The number of aliphatic hydroxyl groups is 2. The van der Waals surface area contributed by atoms with Crippen LogP contribution < -0.4 is 0 Å². The number of hydrogen-bond donors (Lipinski definition) is 2. The lowest BCUT2D eigenvalue weighted by molar-refractivity contribution is -0.121. The fourth-order valence-corrected chi connectivity index (χ4v) is 2.93. The zero-order valence-corrected chi connectivity index (χ0v) is 11.6. The summed E-state index contributed by atoms with van der Waals surface area (Å²) in [4.78, 5) is 2.13. The second-order valence-corrected chi connectivity index (χ2v) is 5.90. The second kappa shape index (κ2) is 4.65. The van der Waals surface area contributed by atoms with E-state index in [9.17, 15) is 10.2 Å². The van der Waals surface area contributed by atoms with Gasteiger partial charge >= 0.3 is 0 Å². The van der Waals surface area contributed by atoms with E-state index in [1.54, 1.807) is 6.92 Å². The summed E-state index contributed by atoms with van der Waals surface area (Å²) in [6, 6.07) is 6.59. The molecule has 0 aliphatic carbocycles. The molecule has 1 saturated heterocycles. The maximum atomic E-state index is 10.1. The molecule has 1 fully saturated rings. The van der Waals surface area contributed by atoms with Gasteiger partial charge in [0.2, 0.25) is 0 Å². The highest BCUT2D eigenvalue weighted by molar-refractivity contribution is 5.33. The number of aryl methyl sites for hydroxylation is 2. The van der Waals surface area contributed by atoms with Crippen molar-refractivity contribution in [3.8, 4) is 0 Å². The Kier molecular flexibility index (Phi) is 3.49. The van der Waals surface area contributed by atoms with Crippen molar-refractivity contribution >= 4 is 0 Å². The van der Waals surface area contributed by atoms with Gasteiger partial charge in [0.1, 0.15) is 5.60 Å². The number of benzene rings is 1. The number of rotatable bonds is 1. The number of hydrogen-bond acceptors (Lipinski definition) is 3. The van der Waals surface area contributed by atoms with Gasteiger partial charge in [0.05, 0.1) is 6.10 Å². The van der Waals surface area contributed by atoms with Crippen LogP contribution in [0.1, 0.15) is 36.1 Å². The van der Waals surface area contributed by atoms with Crippen molar-refractivity contribution in [2.45, 2.75) is 44.9 Å². The minimum atomic E-state index is -1.01. The molecule has 3 atom stereocenters. The average molecular weight is 249 g/mol. The molecule has 1 aliphatic heterocycles. The van der Waals surface area contributed by atoms with Crippen molar-refractivity contribution in [2.24, 2.45) is 0 Å². The van der Waals surface area contributed by atoms with Crippen LogP contribution in [0.25, 0.3) is 0 Å². The first kappa shape index (κ1) is 13.5. The molecule has 0 unspecified atom stereocenters. The van der Waals surface area contributed by atoms with Gasteiger partial charge in [0, 0.05) is 12.6 Å². The number of aliphatic hydroxyl groups excluding tert-OH is 1. The first-order valence-corrected chi connectivity index (χ1v) is 6.49. The van der Waals surface area contributed by atoms with Gasteiger partial charge in [0.15, 0.2) is 0 Å². The summed E-state index contributed by atoms with van der Waals surface area (Å²) < 4.78 is 0. The highest BCUT2D eigenvalue weighted by Crippen LogP contribution is 2.35. The zero-order chi connectivity index (χ0) is 13.5. The molecule has 0 spiro atoms. The average Bonchev–Trinajstić information content (AvgIpc) is 2.24. The van der Waals surface area contributed by atoms with Crippen molar-refractivity contribution in [1.29, 1.82) is 0 Å². The summed E-state index contributed by atoms with van der Waals surface area (Å²) in [7, 11) is 2.00. The molecule has 3 heteroatoms. The molecule has 1 aliphatic rings.